The van der Waals surface area contributed by atoms with Crippen LogP contribution in [0.4, 0.5) is 4.79 Å². The average molecular weight is 253 g/mol. The monoisotopic (exact) mass is 253 g/mol. The van der Waals surface area contributed by atoms with E-state index in [2.05, 4.69) is 10.1 Å². The predicted octanol–water partition coefficient (Wildman–Crippen LogP) is -0.0818. The van der Waals surface area contributed by atoms with Crippen LogP contribution in [0.1, 0.15) is 20.8 Å². The summed E-state index contributed by atoms with van der Waals surface area (Å²) >= 11 is 0. The Balaban J connectivity index is 3.87. The molecule has 0 fully saturated rings. The van der Waals surface area contributed by atoms with Gasteiger partial charge in [0.15, 0.2) is 9.84 Å². The highest BCUT2D eigenvalue weighted by molar-refractivity contribution is 7.91. The Morgan fingerprint density at radius 3 is 2.31 bits per heavy atom. The number of carbonyl (C=O) groups is 1. The lowest BCUT2D eigenvalue weighted by molar-refractivity contribution is 0.144. The topological polar surface area (TPSA) is 92.7 Å². The lowest BCUT2D eigenvalue weighted by atomic mass is 10.1. The quantitative estimate of drug-likeness (QED) is 0.714. The number of rotatable bonds is 5. The van der Waals surface area contributed by atoms with Crippen LogP contribution < -0.4 is 5.32 Å². The largest absolute Gasteiger partial charge is 0.448 e. The lowest BCUT2D eigenvalue weighted by Gasteiger charge is -2.19. The molecule has 0 aliphatic carbocycles. The van der Waals surface area contributed by atoms with Crippen LogP contribution >= 0.6 is 0 Å². The molecule has 0 spiro atoms. The van der Waals surface area contributed by atoms with Crippen LogP contribution in [0.2, 0.25) is 0 Å². The molecule has 0 aliphatic rings. The van der Waals surface area contributed by atoms with Crippen LogP contribution in [0.15, 0.2) is 0 Å². The van der Waals surface area contributed by atoms with Crippen molar-refractivity contribution in [3.8, 4) is 0 Å². The van der Waals surface area contributed by atoms with Crippen molar-refractivity contribution in [1.82, 2.24) is 5.32 Å². The highest BCUT2D eigenvalue weighted by Gasteiger charge is 2.16. The molecule has 1 amide bonds. The molecule has 7 heteroatoms. The third kappa shape index (κ3) is 8.49. The van der Waals surface area contributed by atoms with Gasteiger partial charge in [-0.15, -0.1) is 0 Å². The number of ether oxygens (including phenoxy) is 1. The van der Waals surface area contributed by atoms with E-state index in [0.717, 1.165) is 0 Å². The first-order valence-electron chi connectivity index (χ1n) is 4.92. The van der Waals surface area contributed by atoms with Gasteiger partial charge in [-0.2, -0.15) is 0 Å². The summed E-state index contributed by atoms with van der Waals surface area (Å²) in [5.74, 6) is -0.581. The van der Waals surface area contributed by atoms with Crippen molar-refractivity contribution in [3.63, 3.8) is 0 Å². The molecule has 0 saturated heterocycles. The van der Waals surface area contributed by atoms with E-state index in [1.54, 1.807) is 20.8 Å². The zero-order valence-electron chi connectivity index (χ0n) is 9.82. The minimum Gasteiger partial charge on any atom is -0.448 e. The molecule has 0 atom stereocenters. The third-order valence-corrected chi connectivity index (χ3v) is 3.10. The minimum atomic E-state index is -3.33. The van der Waals surface area contributed by atoms with Crippen LogP contribution in [-0.2, 0) is 14.6 Å². The molecular formula is C9H19NO5S. The van der Waals surface area contributed by atoms with Crippen LogP contribution in [0.5, 0.6) is 0 Å². The smallest absolute Gasteiger partial charge is 0.407 e. The number of amides is 1. The number of aliphatic hydroxyl groups is 1. The van der Waals surface area contributed by atoms with E-state index in [9.17, 15) is 13.2 Å². The summed E-state index contributed by atoms with van der Waals surface area (Å²) in [4.78, 5) is 11.1. The van der Waals surface area contributed by atoms with Gasteiger partial charge in [0, 0.05) is 5.54 Å². The second-order valence-electron chi connectivity index (χ2n) is 4.39. The fourth-order valence-electron chi connectivity index (χ4n) is 0.845. The molecule has 0 rings (SSSR count). The lowest BCUT2D eigenvalue weighted by Crippen LogP contribution is -2.41. The second kappa shape index (κ2) is 6.05. The molecule has 0 aromatic carbocycles. The van der Waals surface area contributed by atoms with Gasteiger partial charge < -0.3 is 15.2 Å². The number of aliphatic hydroxyl groups excluding tert-OH is 1. The molecule has 0 aliphatic heterocycles. The number of hydrogen-bond acceptors (Lipinski definition) is 5. The van der Waals surface area contributed by atoms with Gasteiger partial charge in [0.1, 0.15) is 6.61 Å². The van der Waals surface area contributed by atoms with E-state index in [0.29, 0.717) is 0 Å². The minimum absolute atomic E-state index is 0.204. The van der Waals surface area contributed by atoms with Gasteiger partial charge in [0.2, 0.25) is 0 Å². The maximum absolute atomic E-state index is 11.1. The maximum atomic E-state index is 11.1. The first kappa shape index (κ1) is 15.2. The zero-order valence-corrected chi connectivity index (χ0v) is 10.6. The van der Waals surface area contributed by atoms with Crippen molar-refractivity contribution in [2.24, 2.45) is 0 Å². The second-order valence-corrected chi connectivity index (χ2v) is 6.69. The Labute approximate surface area is 95.9 Å². The van der Waals surface area contributed by atoms with Crippen LogP contribution in [0.3, 0.4) is 0 Å². The molecule has 2 N–H and O–H groups in total. The summed E-state index contributed by atoms with van der Waals surface area (Å²) in [5, 5.41) is 11.0. The van der Waals surface area contributed by atoms with Crippen LogP contribution in [-0.4, -0.2) is 49.9 Å². The molecule has 0 unspecified atom stereocenters. The van der Waals surface area contributed by atoms with Gasteiger partial charge in [0.05, 0.1) is 18.1 Å². The van der Waals surface area contributed by atoms with Gasteiger partial charge in [-0.05, 0) is 20.8 Å². The normalized spacial score (nSPS) is 12.2. The van der Waals surface area contributed by atoms with Crippen LogP contribution in [0, 0.1) is 0 Å². The summed E-state index contributed by atoms with van der Waals surface area (Å²) < 4.78 is 26.9. The van der Waals surface area contributed by atoms with Gasteiger partial charge in [-0.3, -0.25) is 0 Å². The predicted molar refractivity (Wildman–Crippen MR) is 60.0 cm³/mol. The molecule has 0 radical (unpaired) electrons. The molecular weight excluding hydrogens is 234 g/mol. The zero-order chi connectivity index (χ0) is 12.8. The van der Waals surface area contributed by atoms with Crippen molar-refractivity contribution in [2.45, 2.75) is 26.3 Å². The average Bonchev–Trinajstić information content (AvgIpc) is 1.99. The van der Waals surface area contributed by atoms with Crippen molar-refractivity contribution in [3.05, 3.63) is 0 Å². The maximum Gasteiger partial charge on any atom is 0.407 e. The van der Waals surface area contributed by atoms with Gasteiger partial charge >= 0.3 is 6.09 Å². The van der Waals surface area contributed by atoms with E-state index >= 15 is 0 Å². The summed E-state index contributed by atoms with van der Waals surface area (Å²) in [6, 6.07) is 0. The van der Waals surface area contributed by atoms with E-state index in [4.69, 9.17) is 5.11 Å². The molecule has 96 valence electrons. The molecule has 0 heterocycles. The van der Waals surface area contributed by atoms with Crippen molar-refractivity contribution < 1.29 is 23.1 Å². The Bertz CT molecular complexity index is 317. The standard InChI is InChI=1S/C9H19NO5S/c1-9(2,3)10-8(12)15-5-7-16(13,14)6-4-11/h11H,4-7H2,1-3H3,(H,10,12). The van der Waals surface area contributed by atoms with E-state index < -0.39 is 28.1 Å². The molecule has 6 nitrogen and oxygen atoms in total. The molecule has 16 heavy (non-hydrogen) atoms. The first-order valence-corrected chi connectivity index (χ1v) is 6.75. The summed E-state index contributed by atoms with van der Waals surface area (Å²) in [6.45, 7) is 4.74. The van der Waals surface area contributed by atoms with Crippen molar-refractivity contribution in [2.75, 3.05) is 24.7 Å². The molecule has 0 aromatic heterocycles. The van der Waals surface area contributed by atoms with E-state index in [1.165, 1.54) is 0 Å². The SMILES string of the molecule is CC(C)(C)NC(=O)OCCS(=O)(=O)CCO. The number of alkyl carbamates (subject to hydrolysis) is 1. The fourth-order valence-corrected chi connectivity index (χ4v) is 1.66. The number of carbonyl (C=O) groups excluding carboxylic acids is 1. The highest BCUT2D eigenvalue weighted by atomic mass is 32.2. The summed E-state index contributed by atoms with van der Waals surface area (Å²) in [7, 11) is -3.33. The molecule has 0 aromatic rings. The number of sulfone groups is 1. The molecule has 0 bridgehead atoms. The summed E-state index contributed by atoms with van der Waals surface area (Å²) in [6.07, 6.45) is -0.647. The Hall–Kier alpha value is -0.820. The first-order chi connectivity index (χ1) is 7.16. The Morgan fingerprint density at radius 1 is 1.31 bits per heavy atom. The highest BCUT2D eigenvalue weighted by Crippen LogP contribution is 1.99. The number of hydrogen-bond donors (Lipinski definition) is 2. The van der Waals surface area contributed by atoms with E-state index in [-0.39, 0.29) is 18.1 Å². The number of nitrogens with one attached hydrogen (secondary N) is 1. The van der Waals surface area contributed by atoms with Crippen molar-refractivity contribution in [1.29, 1.82) is 0 Å². The van der Waals surface area contributed by atoms with Gasteiger partial charge in [0.25, 0.3) is 0 Å². The summed E-state index contributed by atoms with van der Waals surface area (Å²) in [5.41, 5.74) is -0.416. The van der Waals surface area contributed by atoms with Gasteiger partial charge in [-0.1, -0.05) is 0 Å². The van der Waals surface area contributed by atoms with Gasteiger partial charge in [-0.25, -0.2) is 13.2 Å². The van der Waals surface area contributed by atoms with Crippen molar-refractivity contribution >= 4 is 15.9 Å². The van der Waals surface area contributed by atoms with Crippen LogP contribution in [0.25, 0.3) is 0 Å². The third-order valence-electron chi connectivity index (χ3n) is 1.51. The fraction of sp³-hybridized carbons (Fsp3) is 0.889. The van der Waals surface area contributed by atoms with E-state index in [1.807, 2.05) is 0 Å². The Morgan fingerprint density at radius 2 is 1.88 bits per heavy atom. The Kier molecular flexibility index (Phi) is 5.74. The molecule has 0 saturated carbocycles.